The fourth-order valence-electron chi connectivity index (χ4n) is 2.45. The van der Waals surface area contributed by atoms with E-state index in [-0.39, 0.29) is 0 Å². The molecule has 0 aliphatic carbocycles. The van der Waals surface area contributed by atoms with Crippen molar-refractivity contribution in [1.82, 2.24) is 14.8 Å². The Kier molecular flexibility index (Phi) is 5.26. The lowest BCUT2D eigenvalue weighted by atomic mass is 10.1. The van der Waals surface area contributed by atoms with Crippen LogP contribution in [0.25, 0.3) is 0 Å². The average molecular weight is 318 g/mol. The van der Waals surface area contributed by atoms with Gasteiger partial charge in [0.1, 0.15) is 10.3 Å². The largest absolute Gasteiger partial charge is 0.389 e. The maximum Gasteiger partial charge on any atom is 0.135 e. The molecule has 1 aliphatic heterocycles. The highest BCUT2D eigenvalue weighted by Gasteiger charge is 2.23. The minimum atomic E-state index is -0.633. The summed E-state index contributed by atoms with van der Waals surface area (Å²) >= 11 is 11.9. The first kappa shape index (κ1) is 16.0. The van der Waals surface area contributed by atoms with Gasteiger partial charge in [0.25, 0.3) is 0 Å². The van der Waals surface area contributed by atoms with E-state index >= 15 is 0 Å². The van der Waals surface area contributed by atoms with Crippen LogP contribution >= 0.6 is 23.2 Å². The predicted octanol–water partition coefficient (Wildman–Crippen LogP) is 2.28. The molecular weight excluding hydrogens is 297 g/mol. The summed E-state index contributed by atoms with van der Waals surface area (Å²) < 4.78 is 0. The summed E-state index contributed by atoms with van der Waals surface area (Å²) in [6.07, 6.45) is 0. The number of hydrogen-bond acceptors (Lipinski definition) is 4. The first-order valence-electron chi connectivity index (χ1n) is 6.81. The van der Waals surface area contributed by atoms with Gasteiger partial charge in [-0.1, -0.05) is 29.3 Å². The van der Waals surface area contributed by atoms with E-state index in [2.05, 4.69) is 14.8 Å². The molecule has 0 atom stereocenters. The standard InChI is InChI=1S/C14H21Cl2N3O/c1-14(2,20)10-19-7-5-18(6-8-19)9-11-3-4-12(15)17-13(11)16/h3-4,20H,5-10H2,1-2H3. The third-order valence-electron chi connectivity index (χ3n) is 3.36. The molecule has 1 N–H and O–H groups in total. The van der Waals surface area contributed by atoms with Gasteiger partial charge in [-0.25, -0.2) is 4.98 Å². The third-order valence-corrected chi connectivity index (χ3v) is 3.90. The highest BCUT2D eigenvalue weighted by molar-refractivity contribution is 6.32. The number of aromatic nitrogens is 1. The van der Waals surface area contributed by atoms with Gasteiger partial charge in [-0.15, -0.1) is 0 Å². The Balaban J connectivity index is 1.85. The van der Waals surface area contributed by atoms with Crippen LogP contribution in [0.2, 0.25) is 10.3 Å². The summed E-state index contributed by atoms with van der Waals surface area (Å²) in [5.41, 5.74) is 0.373. The lowest BCUT2D eigenvalue weighted by molar-refractivity contribution is 0.0167. The van der Waals surface area contributed by atoms with Gasteiger partial charge in [0, 0.05) is 44.8 Å². The van der Waals surface area contributed by atoms with Gasteiger partial charge in [-0.3, -0.25) is 9.80 Å². The predicted molar refractivity (Wildman–Crippen MR) is 82.3 cm³/mol. The Labute approximate surface area is 130 Å². The Morgan fingerprint density at radius 2 is 1.75 bits per heavy atom. The van der Waals surface area contributed by atoms with Gasteiger partial charge in [-0.2, -0.15) is 0 Å². The second-order valence-electron chi connectivity index (χ2n) is 5.95. The highest BCUT2D eigenvalue weighted by atomic mass is 35.5. The Morgan fingerprint density at radius 1 is 1.15 bits per heavy atom. The van der Waals surface area contributed by atoms with Gasteiger partial charge in [0.2, 0.25) is 0 Å². The number of hydrogen-bond donors (Lipinski definition) is 1. The monoisotopic (exact) mass is 317 g/mol. The Hall–Kier alpha value is -0.390. The lowest BCUT2D eigenvalue weighted by Crippen LogP contribution is -2.50. The van der Waals surface area contributed by atoms with Crippen LogP contribution in [0.15, 0.2) is 12.1 Å². The van der Waals surface area contributed by atoms with Gasteiger partial charge >= 0.3 is 0 Å². The summed E-state index contributed by atoms with van der Waals surface area (Å²) in [5, 5.41) is 10.7. The molecular formula is C14H21Cl2N3O. The molecule has 1 aliphatic rings. The fourth-order valence-corrected chi connectivity index (χ4v) is 2.86. The molecule has 0 bridgehead atoms. The molecule has 2 heterocycles. The van der Waals surface area contributed by atoms with Crippen molar-refractivity contribution in [3.05, 3.63) is 28.0 Å². The Morgan fingerprint density at radius 3 is 2.30 bits per heavy atom. The van der Waals surface area contributed by atoms with Crippen molar-refractivity contribution in [1.29, 1.82) is 0 Å². The summed E-state index contributed by atoms with van der Waals surface area (Å²) in [7, 11) is 0. The molecule has 4 nitrogen and oxygen atoms in total. The zero-order valence-corrected chi connectivity index (χ0v) is 13.5. The van der Waals surface area contributed by atoms with Gasteiger partial charge in [-0.05, 0) is 19.9 Å². The molecule has 0 saturated carbocycles. The van der Waals surface area contributed by atoms with Crippen LogP contribution in [0.4, 0.5) is 0 Å². The molecule has 0 aromatic carbocycles. The molecule has 6 heteroatoms. The van der Waals surface area contributed by atoms with Crippen molar-refractivity contribution >= 4 is 23.2 Å². The van der Waals surface area contributed by atoms with Gasteiger partial charge < -0.3 is 5.11 Å². The summed E-state index contributed by atoms with van der Waals surface area (Å²) in [5.74, 6) is 0. The van der Waals surface area contributed by atoms with E-state index in [9.17, 15) is 5.11 Å². The number of aliphatic hydroxyl groups is 1. The van der Waals surface area contributed by atoms with Crippen LogP contribution in [0.5, 0.6) is 0 Å². The second-order valence-corrected chi connectivity index (χ2v) is 6.69. The van der Waals surface area contributed by atoms with Crippen LogP contribution in [0, 0.1) is 0 Å². The van der Waals surface area contributed by atoms with E-state index in [1.54, 1.807) is 6.07 Å². The van der Waals surface area contributed by atoms with Gasteiger partial charge in [0.05, 0.1) is 5.60 Å². The SMILES string of the molecule is CC(C)(O)CN1CCN(Cc2ccc(Cl)nc2Cl)CC1. The van der Waals surface area contributed by atoms with Crippen LogP contribution in [-0.2, 0) is 6.54 Å². The van der Waals surface area contributed by atoms with E-state index in [0.717, 1.165) is 38.3 Å². The van der Waals surface area contributed by atoms with Crippen LogP contribution in [0.1, 0.15) is 19.4 Å². The first-order chi connectivity index (χ1) is 9.33. The maximum atomic E-state index is 9.84. The van der Waals surface area contributed by atoms with Crippen molar-refractivity contribution in [2.24, 2.45) is 0 Å². The quantitative estimate of drug-likeness (QED) is 0.865. The smallest absolute Gasteiger partial charge is 0.135 e. The normalized spacial score (nSPS) is 18.4. The van der Waals surface area contributed by atoms with Crippen LogP contribution in [-0.4, -0.2) is 58.2 Å². The topological polar surface area (TPSA) is 39.6 Å². The third kappa shape index (κ3) is 4.86. The number of pyridine rings is 1. The number of β-amino-alcohol motifs (C(OH)–C–C–N with tert-alkyl or cyclic N) is 1. The molecule has 1 fully saturated rings. The van der Waals surface area contributed by atoms with Crippen LogP contribution < -0.4 is 0 Å². The minimum absolute atomic E-state index is 0.425. The molecule has 1 aromatic heterocycles. The molecule has 1 saturated heterocycles. The van der Waals surface area contributed by atoms with E-state index in [1.807, 2.05) is 19.9 Å². The zero-order chi connectivity index (χ0) is 14.8. The summed E-state index contributed by atoms with van der Waals surface area (Å²) in [6, 6.07) is 3.70. The molecule has 112 valence electrons. The first-order valence-corrected chi connectivity index (χ1v) is 7.57. The minimum Gasteiger partial charge on any atom is -0.389 e. The van der Waals surface area contributed by atoms with Crippen molar-refractivity contribution in [3.63, 3.8) is 0 Å². The average Bonchev–Trinajstić information content (AvgIpc) is 2.33. The van der Waals surface area contributed by atoms with Crippen molar-refractivity contribution < 1.29 is 5.11 Å². The van der Waals surface area contributed by atoms with Gasteiger partial charge in [0.15, 0.2) is 0 Å². The second kappa shape index (κ2) is 6.58. The van der Waals surface area contributed by atoms with E-state index in [1.165, 1.54) is 0 Å². The van der Waals surface area contributed by atoms with Crippen molar-refractivity contribution in [2.75, 3.05) is 32.7 Å². The molecule has 0 spiro atoms. The molecule has 0 radical (unpaired) electrons. The lowest BCUT2D eigenvalue weighted by Gasteiger charge is -2.37. The number of rotatable bonds is 4. The molecule has 1 aromatic rings. The van der Waals surface area contributed by atoms with Crippen LogP contribution in [0.3, 0.4) is 0 Å². The molecule has 0 unspecified atom stereocenters. The summed E-state index contributed by atoms with van der Waals surface area (Å²) in [6.45, 7) is 9.05. The molecule has 2 rings (SSSR count). The maximum absolute atomic E-state index is 9.84. The zero-order valence-electron chi connectivity index (χ0n) is 11.9. The van der Waals surface area contributed by atoms with E-state index in [0.29, 0.717) is 16.9 Å². The number of halogens is 2. The molecule has 20 heavy (non-hydrogen) atoms. The van der Waals surface area contributed by atoms with Crippen molar-refractivity contribution in [2.45, 2.75) is 26.0 Å². The van der Waals surface area contributed by atoms with E-state index < -0.39 is 5.60 Å². The number of piperazine rings is 1. The summed E-state index contributed by atoms with van der Waals surface area (Å²) in [4.78, 5) is 8.70. The molecule has 0 amide bonds. The highest BCUT2D eigenvalue weighted by Crippen LogP contribution is 2.19. The number of nitrogens with zero attached hydrogens (tertiary/aromatic N) is 3. The van der Waals surface area contributed by atoms with Crippen molar-refractivity contribution in [3.8, 4) is 0 Å². The fraction of sp³-hybridized carbons (Fsp3) is 0.643. The van der Waals surface area contributed by atoms with E-state index in [4.69, 9.17) is 23.2 Å². The Bertz CT molecular complexity index is 454.